The van der Waals surface area contributed by atoms with Crippen molar-refractivity contribution in [2.75, 3.05) is 31.1 Å². The van der Waals surface area contributed by atoms with E-state index in [0.717, 1.165) is 53.0 Å². The molecule has 2 aliphatic rings. The first-order valence-electron chi connectivity index (χ1n) is 9.84. The van der Waals surface area contributed by atoms with E-state index in [1.807, 2.05) is 17.0 Å². The molecular formula is C22H22ClN3OS. The number of thiazole rings is 1. The van der Waals surface area contributed by atoms with Crippen LogP contribution < -0.4 is 4.90 Å². The lowest BCUT2D eigenvalue weighted by atomic mass is 10.1. The molecule has 1 aliphatic heterocycles. The van der Waals surface area contributed by atoms with Gasteiger partial charge in [0.25, 0.3) is 0 Å². The van der Waals surface area contributed by atoms with Crippen LogP contribution in [0.3, 0.4) is 0 Å². The van der Waals surface area contributed by atoms with Crippen molar-refractivity contribution in [1.29, 1.82) is 0 Å². The Labute approximate surface area is 173 Å². The highest BCUT2D eigenvalue weighted by molar-refractivity contribution is 7.22. The van der Waals surface area contributed by atoms with Gasteiger partial charge in [0.05, 0.1) is 16.1 Å². The van der Waals surface area contributed by atoms with Crippen LogP contribution in [-0.4, -0.2) is 42.0 Å². The number of halogens is 1. The van der Waals surface area contributed by atoms with Crippen LogP contribution in [0.15, 0.2) is 42.5 Å². The van der Waals surface area contributed by atoms with Gasteiger partial charge in [-0.3, -0.25) is 4.79 Å². The number of para-hydroxylation sites is 1. The van der Waals surface area contributed by atoms with Crippen LogP contribution in [0.1, 0.15) is 29.9 Å². The second-order valence-electron chi connectivity index (χ2n) is 7.64. The number of benzene rings is 2. The zero-order chi connectivity index (χ0) is 19.1. The summed E-state index contributed by atoms with van der Waals surface area (Å²) in [4.78, 5) is 21.7. The van der Waals surface area contributed by atoms with Gasteiger partial charge in [0.15, 0.2) is 5.13 Å². The van der Waals surface area contributed by atoms with E-state index in [2.05, 4.69) is 35.2 Å². The molecule has 1 amide bonds. The molecule has 3 aromatic rings. The van der Waals surface area contributed by atoms with E-state index >= 15 is 0 Å². The Balaban J connectivity index is 1.20. The number of amides is 1. The van der Waals surface area contributed by atoms with Gasteiger partial charge in [-0.15, -0.1) is 0 Å². The first-order chi connectivity index (χ1) is 13.7. The molecule has 1 saturated heterocycles. The minimum absolute atomic E-state index is 0.214. The Kier molecular flexibility index (Phi) is 4.73. The number of carbonyl (C=O) groups excluding carboxylic acids is 1. The van der Waals surface area contributed by atoms with Gasteiger partial charge in [-0.25, -0.2) is 4.98 Å². The Hall–Kier alpha value is -2.11. The van der Waals surface area contributed by atoms with Crippen LogP contribution in [-0.2, 0) is 11.2 Å². The highest BCUT2D eigenvalue weighted by Crippen LogP contribution is 2.40. The van der Waals surface area contributed by atoms with Crippen molar-refractivity contribution < 1.29 is 4.79 Å². The standard InChI is InChI=1S/C22H22ClN3OS/c23-18-2-1-3-19-21(18)24-22(28-19)26-12-10-25(11-13-26)20(27)14-15-4-6-16(7-5-15)17-8-9-17/h1-7,17H,8-14H2. The van der Waals surface area contributed by atoms with Crippen LogP contribution >= 0.6 is 22.9 Å². The molecule has 0 bridgehead atoms. The van der Waals surface area contributed by atoms with Crippen LogP contribution in [0.4, 0.5) is 5.13 Å². The first kappa shape index (κ1) is 18.0. The summed E-state index contributed by atoms with van der Waals surface area (Å²) in [7, 11) is 0. The maximum Gasteiger partial charge on any atom is 0.227 e. The lowest BCUT2D eigenvalue weighted by molar-refractivity contribution is -0.130. The highest BCUT2D eigenvalue weighted by Gasteiger charge is 2.25. The van der Waals surface area contributed by atoms with Gasteiger partial charge in [0.2, 0.25) is 5.91 Å². The summed E-state index contributed by atoms with van der Waals surface area (Å²) < 4.78 is 1.11. The van der Waals surface area contributed by atoms with E-state index in [1.165, 1.54) is 18.4 Å². The van der Waals surface area contributed by atoms with Crippen molar-refractivity contribution >= 4 is 44.2 Å². The van der Waals surface area contributed by atoms with Gasteiger partial charge in [-0.2, -0.15) is 0 Å². The number of fused-ring (bicyclic) bond motifs is 1. The molecule has 6 heteroatoms. The third-order valence-electron chi connectivity index (χ3n) is 5.65. The summed E-state index contributed by atoms with van der Waals surface area (Å²) in [6.07, 6.45) is 3.11. The van der Waals surface area contributed by atoms with E-state index in [-0.39, 0.29) is 5.91 Å². The highest BCUT2D eigenvalue weighted by atomic mass is 35.5. The number of anilines is 1. The van der Waals surface area contributed by atoms with E-state index in [1.54, 1.807) is 11.3 Å². The maximum absolute atomic E-state index is 12.7. The van der Waals surface area contributed by atoms with Crippen molar-refractivity contribution in [2.24, 2.45) is 0 Å². The molecule has 5 rings (SSSR count). The molecule has 2 heterocycles. The molecule has 144 valence electrons. The van der Waals surface area contributed by atoms with Gasteiger partial charge in [-0.05, 0) is 42.0 Å². The summed E-state index contributed by atoms with van der Waals surface area (Å²) in [5.41, 5.74) is 3.40. The SMILES string of the molecule is O=C(Cc1ccc(C2CC2)cc1)N1CCN(c2nc3c(Cl)cccc3s2)CC1. The number of nitrogens with zero attached hydrogens (tertiary/aromatic N) is 3. The Bertz CT molecular complexity index is 1000. The number of hydrogen-bond acceptors (Lipinski definition) is 4. The molecule has 0 radical (unpaired) electrons. The fourth-order valence-corrected chi connectivity index (χ4v) is 5.11. The third-order valence-corrected chi connectivity index (χ3v) is 7.03. The van der Waals surface area contributed by atoms with Gasteiger partial charge in [0, 0.05) is 26.2 Å². The minimum Gasteiger partial charge on any atom is -0.345 e. The minimum atomic E-state index is 0.214. The topological polar surface area (TPSA) is 36.4 Å². The van der Waals surface area contributed by atoms with E-state index in [0.29, 0.717) is 11.4 Å². The average Bonchev–Trinajstić information content (AvgIpc) is 3.47. The molecule has 1 aliphatic carbocycles. The van der Waals surface area contributed by atoms with Gasteiger partial charge >= 0.3 is 0 Å². The van der Waals surface area contributed by atoms with Gasteiger partial charge in [0.1, 0.15) is 5.52 Å². The Morgan fingerprint density at radius 2 is 1.82 bits per heavy atom. The molecule has 2 fully saturated rings. The Morgan fingerprint density at radius 1 is 1.07 bits per heavy atom. The number of piperazine rings is 1. The zero-order valence-corrected chi connectivity index (χ0v) is 17.2. The molecule has 2 aromatic carbocycles. The summed E-state index contributed by atoms with van der Waals surface area (Å²) in [6.45, 7) is 3.10. The summed E-state index contributed by atoms with van der Waals surface area (Å²) in [5, 5.41) is 1.69. The van der Waals surface area contributed by atoms with Crippen LogP contribution in [0.25, 0.3) is 10.2 Å². The predicted molar refractivity (Wildman–Crippen MR) is 116 cm³/mol. The average molecular weight is 412 g/mol. The second-order valence-corrected chi connectivity index (χ2v) is 9.06. The molecule has 0 unspecified atom stereocenters. The van der Waals surface area contributed by atoms with Crippen molar-refractivity contribution in [3.63, 3.8) is 0 Å². The summed E-state index contributed by atoms with van der Waals surface area (Å²) >= 11 is 7.92. The predicted octanol–water partition coefficient (Wildman–Crippen LogP) is 4.72. The molecular weight excluding hydrogens is 390 g/mol. The first-order valence-corrected chi connectivity index (χ1v) is 11.0. The Morgan fingerprint density at radius 3 is 2.50 bits per heavy atom. The van der Waals surface area contributed by atoms with Crippen molar-refractivity contribution in [2.45, 2.75) is 25.2 Å². The molecule has 1 saturated carbocycles. The van der Waals surface area contributed by atoms with Crippen LogP contribution in [0.2, 0.25) is 5.02 Å². The maximum atomic E-state index is 12.7. The molecule has 1 aromatic heterocycles. The monoisotopic (exact) mass is 411 g/mol. The number of rotatable bonds is 4. The van der Waals surface area contributed by atoms with Crippen LogP contribution in [0, 0.1) is 0 Å². The molecule has 0 N–H and O–H groups in total. The van der Waals surface area contributed by atoms with E-state index in [9.17, 15) is 4.79 Å². The largest absolute Gasteiger partial charge is 0.345 e. The number of carbonyl (C=O) groups is 1. The molecule has 0 atom stereocenters. The van der Waals surface area contributed by atoms with E-state index in [4.69, 9.17) is 16.6 Å². The quantitative estimate of drug-likeness (QED) is 0.623. The van der Waals surface area contributed by atoms with Gasteiger partial charge in [-0.1, -0.05) is 53.3 Å². The lowest BCUT2D eigenvalue weighted by Crippen LogP contribution is -2.49. The molecule has 0 spiro atoms. The van der Waals surface area contributed by atoms with Crippen molar-refractivity contribution in [1.82, 2.24) is 9.88 Å². The normalized spacial score (nSPS) is 17.3. The summed E-state index contributed by atoms with van der Waals surface area (Å²) in [6, 6.07) is 14.5. The molecule has 28 heavy (non-hydrogen) atoms. The molecule has 4 nitrogen and oxygen atoms in total. The number of aromatic nitrogens is 1. The van der Waals surface area contributed by atoms with E-state index < -0.39 is 0 Å². The van der Waals surface area contributed by atoms with Crippen molar-refractivity contribution in [3.05, 3.63) is 58.6 Å². The third kappa shape index (κ3) is 3.61. The fourth-order valence-electron chi connectivity index (χ4n) is 3.80. The second kappa shape index (κ2) is 7.37. The van der Waals surface area contributed by atoms with Crippen LogP contribution in [0.5, 0.6) is 0 Å². The lowest BCUT2D eigenvalue weighted by Gasteiger charge is -2.34. The smallest absolute Gasteiger partial charge is 0.227 e. The van der Waals surface area contributed by atoms with Gasteiger partial charge < -0.3 is 9.80 Å². The zero-order valence-electron chi connectivity index (χ0n) is 15.6. The van der Waals surface area contributed by atoms with Crippen molar-refractivity contribution in [3.8, 4) is 0 Å². The fraction of sp³-hybridized carbons (Fsp3) is 0.364. The number of hydrogen-bond donors (Lipinski definition) is 0. The summed E-state index contributed by atoms with van der Waals surface area (Å²) in [5.74, 6) is 0.974.